The topological polar surface area (TPSA) is 87.6 Å². The molecule has 6 nitrogen and oxygen atoms in total. The van der Waals surface area contributed by atoms with Gasteiger partial charge in [0, 0.05) is 22.6 Å². The average Bonchev–Trinajstić information content (AvgIpc) is 3.10. The van der Waals surface area contributed by atoms with E-state index in [9.17, 15) is 10.2 Å². The number of aliphatic hydroxyl groups is 2. The number of H-pyrrole nitrogens is 1. The zero-order valence-electron chi connectivity index (χ0n) is 16.8. The van der Waals surface area contributed by atoms with E-state index in [0.717, 1.165) is 47.2 Å². The van der Waals surface area contributed by atoms with Crippen molar-refractivity contribution in [3.8, 4) is 11.3 Å². The van der Waals surface area contributed by atoms with Gasteiger partial charge in [0.05, 0.1) is 42.7 Å². The van der Waals surface area contributed by atoms with Crippen molar-refractivity contribution >= 4 is 11.0 Å². The first-order valence-corrected chi connectivity index (χ1v) is 10.8. The molecule has 6 rings (SSSR count). The molecular formula is C24H26N2O4. The summed E-state index contributed by atoms with van der Waals surface area (Å²) in [5.74, 6) is 0.244. The molecule has 4 heterocycles. The lowest BCUT2D eigenvalue weighted by molar-refractivity contribution is 0.0169. The molecule has 1 saturated carbocycles. The molecule has 1 aliphatic carbocycles. The average molecular weight is 406 g/mol. The van der Waals surface area contributed by atoms with Crippen molar-refractivity contribution in [3.05, 3.63) is 53.7 Å². The normalized spacial score (nSPS) is 29.4. The maximum atomic E-state index is 9.94. The van der Waals surface area contributed by atoms with Gasteiger partial charge in [-0.15, -0.1) is 0 Å². The zero-order chi connectivity index (χ0) is 20.3. The summed E-state index contributed by atoms with van der Waals surface area (Å²) < 4.78 is 11.5. The molecule has 2 saturated heterocycles. The van der Waals surface area contributed by atoms with Crippen molar-refractivity contribution in [2.45, 2.75) is 43.0 Å². The zero-order valence-corrected chi connectivity index (χ0v) is 16.8. The van der Waals surface area contributed by atoms with E-state index in [2.05, 4.69) is 41.4 Å². The monoisotopic (exact) mass is 406 g/mol. The van der Waals surface area contributed by atoms with Gasteiger partial charge >= 0.3 is 0 Å². The molecule has 30 heavy (non-hydrogen) atoms. The van der Waals surface area contributed by atoms with Crippen molar-refractivity contribution in [2.75, 3.05) is 19.8 Å². The predicted octanol–water partition coefficient (Wildman–Crippen LogP) is 2.57. The van der Waals surface area contributed by atoms with Crippen molar-refractivity contribution in [1.82, 2.24) is 9.97 Å². The number of hydrogen-bond acceptors (Lipinski definition) is 5. The first-order chi connectivity index (χ1) is 14.6. The molecule has 2 aliphatic heterocycles. The Hall–Kier alpha value is -2.25. The molecule has 0 spiro atoms. The number of benzene rings is 1. The summed E-state index contributed by atoms with van der Waals surface area (Å²) in [4.78, 5) is 8.34. The Bertz CT molecular complexity index is 1070. The fourth-order valence-electron chi connectivity index (χ4n) is 5.03. The Morgan fingerprint density at radius 1 is 1.03 bits per heavy atom. The SMILES string of the molecule is OCC1(c2ccc(-c3ccc4[nH]c(C[C@H]5CO[C@@H]6C(O)CO[C@H]56)cc4n3)cc2)CC1. The van der Waals surface area contributed by atoms with E-state index < -0.39 is 6.10 Å². The van der Waals surface area contributed by atoms with Crippen LogP contribution in [-0.4, -0.2) is 58.3 Å². The van der Waals surface area contributed by atoms with Crippen LogP contribution in [0.1, 0.15) is 24.1 Å². The summed E-state index contributed by atoms with van der Waals surface area (Å²) in [5.41, 5.74) is 6.32. The van der Waals surface area contributed by atoms with E-state index in [-0.39, 0.29) is 30.1 Å². The van der Waals surface area contributed by atoms with Gasteiger partial charge in [-0.05, 0) is 43.0 Å². The minimum Gasteiger partial charge on any atom is -0.395 e. The van der Waals surface area contributed by atoms with E-state index in [0.29, 0.717) is 13.2 Å². The second-order valence-electron chi connectivity index (χ2n) is 9.07. The lowest BCUT2D eigenvalue weighted by Crippen LogP contribution is -2.29. The third-order valence-corrected chi connectivity index (χ3v) is 7.09. The lowest BCUT2D eigenvalue weighted by Gasteiger charge is -2.14. The van der Waals surface area contributed by atoms with Gasteiger partial charge in [0.25, 0.3) is 0 Å². The molecule has 3 aromatic rings. The van der Waals surface area contributed by atoms with Crippen LogP contribution in [0.3, 0.4) is 0 Å². The number of hydrogen-bond donors (Lipinski definition) is 3. The van der Waals surface area contributed by atoms with Gasteiger partial charge in [-0.25, -0.2) is 4.98 Å². The molecular weight excluding hydrogens is 380 g/mol. The Labute approximate surface area is 174 Å². The van der Waals surface area contributed by atoms with Crippen LogP contribution < -0.4 is 0 Å². The highest BCUT2D eigenvalue weighted by molar-refractivity contribution is 5.79. The number of fused-ring (bicyclic) bond motifs is 2. The Morgan fingerprint density at radius 3 is 2.60 bits per heavy atom. The summed E-state index contributed by atoms with van der Waals surface area (Å²) in [6, 6.07) is 14.7. The van der Waals surface area contributed by atoms with Gasteiger partial charge < -0.3 is 24.7 Å². The molecule has 3 fully saturated rings. The second kappa shape index (κ2) is 6.89. The Balaban J connectivity index is 1.22. The molecule has 0 amide bonds. The quantitative estimate of drug-likeness (QED) is 0.606. The highest BCUT2D eigenvalue weighted by Gasteiger charge is 2.47. The third-order valence-electron chi connectivity index (χ3n) is 7.09. The molecule has 1 aromatic carbocycles. The van der Waals surface area contributed by atoms with Crippen LogP contribution in [0.15, 0.2) is 42.5 Å². The van der Waals surface area contributed by atoms with Crippen LogP contribution in [0.5, 0.6) is 0 Å². The van der Waals surface area contributed by atoms with Crippen molar-refractivity contribution in [1.29, 1.82) is 0 Å². The number of pyridine rings is 1. The number of nitrogens with one attached hydrogen (secondary N) is 1. The highest BCUT2D eigenvalue weighted by atomic mass is 16.6. The summed E-state index contributed by atoms with van der Waals surface area (Å²) in [5, 5.41) is 19.6. The van der Waals surface area contributed by atoms with E-state index >= 15 is 0 Å². The molecule has 6 heteroatoms. The van der Waals surface area contributed by atoms with Crippen LogP contribution in [0.4, 0.5) is 0 Å². The molecule has 3 N–H and O–H groups in total. The summed E-state index contributed by atoms with van der Waals surface area (Å²) in [7, 11) is 0. The Morgan fingerprint density at radius 2 is 1.83 bits per heavy atom. The number of aromatic nitrogens is 2. The third kappa shape index (κ3) is 2.98. The molecule has 156 valence electrons. The van der Waals surface area contributed by atoms with Crippen molar-refractivity contribution in [2.24, 2.45) is 5.92 Å². The van der Waals surface area contributed by atoms with E-state index in [1.54, 1.807) is 0 Å². The minimum absolute atomic E-state index is 0.00646. The lowest BCUT2D eigenvalue weighted by atomic mass is 9.95. The predicted molar refractivity (Wildman–Crippen MR) is 112 cm³/mol. The van der Waals surface area contributed by atoms with Gasteiger partial charge in [-0.3, -0.25) is 0 Å². The van der Waals surface area contributed by atoms with Crippen LogP contribution in [0.25, 0.3) is 22.3 Å². The number of nitrogens with zero attached hydrogens (tertiary/aromatic N) is 1. The molecule has 2 aromatic heterocycles. The largest absolute Gasteiger partial charge is 0.395 e. The molecule has 0 bridgehead atoms. The van der Waals surface area contributed by atoms with Crippen molar-refractivity contribution < 1.29 is 19.7 Å². The van der Waals surface area contributed by atoms with Crippen LogP contribution in [-0.2, 0) is 21.3 Å². The van der Waals surface area contributed by atoms with Gasteiger partial charge in [0.1, 0.15) is 12.2 Å². The standard InChI is InChI=1S/C24H26N2O4/c27-13-24(7-8-24)16-3-1-14(2-4-16)18-5-6-19-20(26-18)10-17(25-19)9-15-11-29-23-21(28)12-30-22(15)23/h1-6,10,15,21-23,25,27-28H,7-9,11-13H2/t15-,21?,22+,23+/m0/s1. The maximum Gasteiger partial charge on any atom is 0.112 e. The smallest absolute Gasteiger partial charge is 0.112 e. The molecule has 1 unspecified atom stereocenters. The fourth-order valence-corrected chi connectivity index (χ4v) is 5.03. The number of ether oxygens (including phenoxy) is 2. The minimum atomic E-state index is -0.509. The van der Waals surface area contributed by atoms with E-state index in [1.807, 2.05) is 6.07 Å². The number of aromatic amines is 1. The van der Waals surface area contributed by atoms with Gasteiger partial charge in [0.2, 0.25) is 0 Å². The number of aliphatic hydroxyl groups excluding tert-OH is 2. The Kier molecular flexibility index (Phi) is 4.25. The summed E-state index contributed by atoms with van der Waals surface area (Å²) in [6.45, 7) is 1.20. The molecule has 0 radical (unpaired) electrons. The van der Waals surface area contributed by atoms with Gasteiger partial charge in [-0.1, -0.05) is 24.3 Å². The van der Waals surface area contributed by atoms with E-state index in [1.165, 1.54) is 5.56 Å². The molecule has 4 atom stereocenters. The first-order valence-electron chi connectivity index (χ1n) is 10.8. The summed E-state index contributed by atoms with van der Waals surface area (Å²) in [6.07, 6.45) is 2.23. The summed E-state index contributed by atoms with van der Waals surface area (Å²) >= 11 is 0. The van der Waals surface area contributed by atoms with Crippen LogP contribution in [0, 0.1) is 5.92 Å². The van der Waals surface area contributed by atoms with Crippen LogP contribution >= 0.6 is 0 Å². The number of rotatable bonds is 5. The first kappa shape index (κ1) is 18.5. The molecule has 3 aliphatic rings. The highest BCUT2D eigenvalue weighted by Crippen LogP contribution is 2.47. The van der Waals surface area contributed by atoms with Crippen molar-refractivity contribution in [3.63, 3.8) is 0 Å². The van der Waals surface area contributed by atoms with Crippen LogP contribution in [0.2, 0.25) is 0 Å². The second-order valence-corrected chi connectivity index (χ2v) is 9.07. The van der Waals surface area contributed by atoms with Gasteiger partial charge in [-0.2, -0.15) is 0 Å². The maximum absolute atomic E-state index is 9.94. The van der Waals surface area contributed by atoms with E-state index in [4.69, 9.17) is 14.5 Å². The fraction of sp³-hybridized carbons (Fsp3) is 0.458. The van der Waals surface area contributed by atoms with Gasteiger partial charge in [0.15, 0.2) is 0 Å².